The van der Waals surface area contributed by atoms with Crippen molar-refractivity contribution >= 4 is 40.1 Å². The predicted molar refractivity (Wildman–Crippen MR) is 99.3 cm³/mol. The molecule has 4 N–H and O–H groups in total. The van der Waals surface area contributed by atoms with E-state index in [1.807, 2.05) is 0 Å². The molecule has 0 fully saturated rings. The maximum atomic E-state index is 14.6. The number of aryl methyl sites for hydroxylation is 1. The lowest BCUT2D eigenvalue weighted by molar-refractivity contribution is 0.0542. The van der Waals surface area contributed by atoms with Crippen molar-refractivity contribution in [1.29, 1.82) is 0 Å². The number of imidazole rings is 1. The van der Waals surface area contributed by atoms with Gasteiger partial charge in [0.2, 0.25) is 0 Å². The Morgan fingerprint density at radius 1 is 1.48 bits per heavy atom. The molecule has 0 saturated heterocycles. The highest BCUT2D eigenvalue weighted by Gasteiger charge is 2.23. The Morgan fingerprint density at radius 2 is 2.16 bits per heavy atom. The van der Waals surface area contributed by atoms with Gasteiger partial charge in [-0.2, -0.15) is 0 Å². The second-order valence-electron chi connectivity index (χ2n) is 6.49. The van der Waals surface area contributed by atoms with Crippen molar-refractivity contribution in [3.63, 3.8) is 0 Å². The third-order valence-electron chi connectivity index (χ3n) is 3.29. The van der Waals surface area contributed by atoms with Crippen LogP contribution in [0.3, 0.4) is 0 Å². The number of hydrogen-bond donors (Lipinski definition) is 3. The van der Waals surface area contributed by atoms with Gasteiger partial charge in [0.05, 0.1) is 5.52 Å². The van der Waals surface area contributed by atoms with E-state index in [9.17, 15) is 9.18 Å². The van der Waals surface area contributed by atoms with Crippen LogP contribution >= 0.6 is 12.2 Å². The van der Waals surface area contributed by atoms with Crippen molar-refractivity contribution in [3.8, 4) is 0 Å². The van der Waals surface area contributed by atoms with E-state index in [2.05, 4.69) is 15.6 Å². The van der Waals surface area contributed by atoms with Crippen molar-refractivity contribution in [1.82, 2.24) is 14.9 Å². The van der Waals surface area contributed by atoms with Gasteiger partial charge < -0.3 is 21.1 Å². The zero-order chi connectivity index (χ0) is 18.8. The third kappa shape index (κ3) is 4.43. The van der Waals surface area contributed by atoms with E-state index >= 15 is 0 Å². The van der Waals surface area contributed by atoms with Crippen LogP contribution < -0.4 is 16.4 Å². The number of carbonyl (C=O) groups excluding carboxylic acids is 1. The molecule has 2 aromatic rings. The van der Waals surface area contributed by atoms with E-state index in [1.165, 1.54) is 12.4 Å². The minimum atomic E-state index is -0.693. The standard InChI is InChI=1S/C16H22FN5O2S/c1-9-11(21-14(25)19-6-5-18)7-10(17)13-12(9)20-8-22(13)15(23)24-16(2,3)4/h7-8H,5-6,18H2,1-4H3,(H2,19,21,25). The topological polar surface area (TPSA) is 94.2 Å². The molecule has 0 unspecified atom stereocenters. The SMILES string of the molecule is Cc1c(NC(=S)NCCN)cc(F)c2c1ncn2C(=O)OC(C)(C)C. The van der Waals surface area contributed by atoms with Crippen molar-refractivity contribution in [2.24, 2.45) is 5.73 Å². The van der Waals surface area contributed by atoms with Crippen LogP contribution in [0.2, 0.25) is 0 Å². The van der Waals surface area contributed by atoms with Gasteiger partial charge >= 0.3 is 6.09 Å². The fourth-order valence-corrected chi connectivity index (χ4v) is 2.43. The minimum Gasteiger partial charge on any atom is -0.443 e. The molecule has 0 atom stereocenters. The second-order valence-corrected chi connectivity index (χ2v) is 6.90. The van der Waals surface area contributed by atoms with Gasteiger partial charge in [-0.25, -0.2) is 18.7 Å². The van der Waals surface area contributed by atoms with Crippen LogP contribution in [0.5, 0.6) is 0 Å². The van der Waals surface area contributed by atoms with E-state index in [1.54, 1.807) is 27.7 Å². The monoisotopic (exact) mass is 367 g/mol. The molecule has 0 amide bonds. The molecule has 7 nitrogen and oxygen atoms in total. The lowest BCUT2D eigenvalue weighted by atomic mass is 10.1. The maximum Gasteiger partial charge on any atom is 0.420 e. The summed E-state index contributed by atoms with van der Waals surface area (Å²) in [6.07, 6.45) is 0.568. The molecule has 0 aliphatic heterocycles. The van der Waals surface area contributed by atoms with Gasteiger partial charge in [-0.15, -0.1) is 0 Å². The summed E-state index contributed by atoms with van der Waals surface area (Å²) in [4.78, 5) is 16.4. The minimum absolute atomic E-state index is 0.0677. The number of halogens is 1. The van der Waals surface area contributed by atoms with Gasteiger partial charge in [-0.1, -0.05) is 0 Å². The predicted octanol–water partition coefficient (Wildman–Crippen LogP) is 2.51. The van der Waals surface area contributed by atoms with Crippen molar-refractivity contribution in [3.05, 3.63) is 23.8 Å². The summed E-state index contributed by atoms with van der Waals surface area (Å²) < 4.78 is 21.0. The molecule has 0 bridgehead atoms. The maximum absolute atomic E-state index is 14.6. The molecule has 0 radical (unpaired) electrons. The number of fused-ring (bicyclic) bond motifs is 1. The highest BCUT2D eigenvalue weighted by molar-refractivity contribution is 7.80. The average molecular weight is 367 g/mol. The number of ether oxygens (including phenoxy) is 1. The van der Waals surface area contributed by atoms with Gasteiger partial charge in [0.25, 0.3) is 0 Å². The second kappa shape index (κ2) is 7.32. The molecular formula is C16H22FN5O2S. The van der Waals surface area contributed by atoms with E-state index in [0.717, 1.165) is 4.57 Å². The van der Waals surface area contributed by atoms with E-state index in [4.69, 9.17) is 22.7 Å². The number of nitrogens with one attached hydrogen (secondary N) is 2. The van der Waals surface area contributed by atoms with Gasteiger partial charge in [-0.05, 0) is 46.0 Å². The van der Waals surface area contributed by atoms with Crippen LogP contribution in [0, 0.1) is 12.7 Å². The van der Waals surface area contributed by atoms with Gasteiger partial charge in [0, 0.05) is 24.3 Å². The Morgan fingerprint density at radius 3 is 2.76 bits per heavy atom. The first-order valence-electron chi connectivity index (χ1n) is 7.78. The van der Waals surface area contributed by atoms with E-state index in [-0.39, 0.29) is 5.52 Å². The number of carbonyl (C=O) groups is 1. The van der Waals surface area contributed by atoms with Crippen LogP contribution in [0.15, 0.2) is 12.4 Å². The zero-order valence-electron chi connectivity index (χ0n) is 14.6. The number of nitrogens with zero attached hydrogens (tertiary/aromatic N) is 2. The van der Waals surface area contributed by atoms with Gasteiger partial charge in [0.1, 0.15) is 17.4 Å². The highest BCUT2D eigenvalue weighted by atomic mass is 32.1. The molecule has 1 aromatic heterocycles. The first-order valence-corrected chi connectivity index (χ1v) is 8.19. The van der Waals surface area contributed by atoms with E-state index in [0.29, 0.717) is 35.0 Å². The van der Waals surface area contributed by atoms with Gasteiger partial charge in [-0.3, -0.25) is 0 Å². The summed E-state index contributed by atoms with van der Waals surface area (Å²) in [5, 5.41) is 6.14. The summed E-state index contributed by atoms with van der Waals surface area (Å²) in [6.45, 7) is 7.91. The number of aromatic nitrogens is 2. The number of nitrogens with two attached hydrogens (primary N) is 1. The third-order valence-corrected chi connectivity index (χ3v) is 3.54. The Kier molecular flexibility index (Phi) is 5.58. The molecule has 0 saturated carbocycles. The molecule has 2 rings (SSSR count). The van der Waals surface area contributed by atoms with Crippen molar-refractivity contribution in [2.75, 3.05) is 18.4 Å². The zero-order valence-corrected chi connectivity index (χ0v) is 15.5. The summed E-state index contributed by atoms with van der Waals surface area (Å²) >= 11 is 5.13. The lowest BCUT2D eigenvalue weighted by Gasteiger charge is -2.19. The smallest absolute Gasteiger partial charge is 0.420 e. The molecule has 0 aliphatic carbocycles. The quantitative estimate of drug-likeness (QED) is 0.718. The Labute approximate surface area is 150 Å². The number of anilines is 1. The fourth-order valence-electron chi connectivity index (χ4n) is 2.21. The van der Waals surface area contributed by atoms with Crippen LogP contribution in [0.25, 0.3) is 11.0 Å². The van der Waals surface area contributed by atoms with Crippen LogP contribution in [0.4, 0.5) is 14.9 Å². The van der Waals surface area contributed by atoms with Gasteiger partial charge in [0.15, 0.2) is 10.9 Å². The summed E-state index contributed by atoms with van der Waals surface area (Å²) in [6, 6.07) is 1.27. The van der Waals surface area contributed by atoms with Crippen molar-refractivity contribution < 1.29 is 13.9 Å². The molecule has 0 aliphatic rings. The molecule has 0 spiro atoms. The summed E-state index contributed by atoms with van der Waals surface area (Å²) in [5.41, 5.74) is 6.27. The molecule has 1 heterocycles. The van der Waals surface area contributed by atoms with Crippen LogP contribution in [0.1, 0.15) is 26.3 Å². The number of hydrogen-bond acceptors (Lipinski definition) is 5. The van der Waals surface area contributed by atoms with Crippen LogP contribution in [-0.4, -0.2) is 39.4 Å². The number of rotatable bonds is 3. The molecular weight excluding hydrogens is 345 g/mol. The number of benzene rings is 1. The fraction of sp³-hybridized carbons (Fsp3) is 0.438. The molecule has 25 heavy (non-hydrogen) atoms. The first-order chi connectivity index (χ1) is 11.6. The lowest BCUT2D eigenvalue weighted by Crippen LogP contribution is -2.32. The Hall–Kier alpha value is -2.26. The summed E-state index contributed by atoms with van der Waals surface area (Å²) in [5.74, 6) is -0.604. The Balaban J connectivity index is 2.38. The van der Waals surface area contributed by atoms with Crippen LogP contribution in [-0.2, 0) is 4.74 Å². The highest BCUT2D eigenvalue weighted by Crippen LogP contribution is 2.28. The average Bonchev–Trinajstić information content (AvgIpc) is 2.94. The van der Waals surface area contributed by atoms with E-state index < -0.39 is 17.5 Å². The summed E-state index contributed by atoms with van der Waals surface area (Å²) in [7, 11) is 0. The number of thiocarbonyl (C=S) groups is 1. The normalized spacial score (nSPS) is 11.4. The largest absolute Gasteiger partial charge is 0.443 e. The molecule has 9 heteroatoms. The first kappa shape index (κ1) is 19.1. The van der Waals surface area contributed by atoms with Crippen molar-refractivity contribution in [2.45, 2.75) is 33.3 Å². The molecule has 136 valence electrons. The Bertz CT molecular complexity index is 813. The molecule has 1 aromatic carbocycles.